The molecule has 2 unspecified atom stereocenters. The van der Waals surface area contributed by atoms with Crippen LogP contribution in [0.4, 0.5) is 5.69 Å². The molecule has 0 spiro atoms. The van der Waals surface area contributed by atoms with Crippen LogP contribution in [0.1, 0.15) is 78.2 Å². The molecule has 3 aliphatic rings. The number of benzene rings is 1. The zero-order valence-corrected chi connectivity index (χ0v) is 22.0. The zero-order chi connectivity index (χ0) is 24.1. The fourth-order valence-electron chi connectivity index (χ4n) is 6.26. The highest BCUT2D eigenvalue weighted by atomic mass is 15.2. The Bertz CT molecular complexity index is 941. The third-order valence-corrected chi connectivity index (χ3v) is 8.59. The molecule has 3 nitrogen and oxygen atoms in total. The van der Waals surface area contributed by atoms with Crippen molar-refractivity contribution in [3.63, 3.8) is 0 Å². The number of nitrogens with zero attached hydrogens (tertiary/aromatic N) is 3. The Morgan fingerprint density at radius 3 is 2.59 bits per heavy atom. The lowest BCUT2D eigenvalue weighted by Gasteiger charge is -2.40. The van der Waals surface area contributed by atoms with Gasteiger partial charge in [0.25, 0.3) is 0 Å². The molecule has 0 aromatic heterocycles. The molecular formula is C31H45N3. The molecule has 184 valence electrons. The Morgan fingerprint density at radius 1 is 1.12 bits per heavy atom. The normalized spacial score (nSPS) is 23.3. The van der Waals surface area contributed by atoms with Gasteiger partial charge in [-0.25, -0.2) is 0 Å². The number of fused-ring (bicyclic) bond motifs is 1. The molecule has 34 heavy (non-hydrogen) atoms. The van der Waals surface area contributed by atoms with Crippen LogP contribution in [0.15, 0.2) is 59.1 Å². The molecule has 2 atom stereocenters. The maximum Gasteiger partial charge on any atom is 0.0708 e. The lowest BCUT2D eigenvalue weighted by Crippen LogP contribution is -2.47. The van der Waals surface area contributed by atoms with E-state index in [-0.39, 0.29) is 0 Å². The quantitative estimate of drug-likeness (QED) is 0.376. The molecule has 1 heterocycles. The second-order valence-electron chi connectivity index (χ2n) is 10.5. The second-order valence-corrected chi connectivity index (χ2v) is 10.5. The Balaban J connectivity index is 1.46. The number of rotatable bonds is 8. The van der Waals surface area contributed by atoms with Crippen molar-refractivity contribution in [3.05, 3.63) is 59.7 Å². The zero-order valence-electron chi connectivity index (χ0n) is 22.0. The van der Waals surface area contributed by atoms with Gasteiger partial charge in [-0.15, -0.1) is 0 Å². The third-order valence-electron chi connectivity index (χ3n) is 8.59. The first-order valence-electron chi connectivity index (χ1n) is 13.7. The van der Waals surface area contributed by atoms with Gasteiger partial charge < -0.3 is 4.90 Å². The van der Waals surface area contributed by atoms with Crippen LogP contribution in [-0.4, -0.2) is 53.8 Å². The number of aliphatic imine (C=N–C) groups is 1. The molecule has 4 rings (SSSR count). The van der Waals surface area contributed by atoms with Gasteiger partial charge in [-0.1, -0.05) is 62.8 Å². The number of allylic oxidation sites excluding steroid dienone is 4. The molecule has 1 aromatic carbocycles. The minimum absolute atomic E-state index is 0.327. The van der Waals surface area contributed by atoms with E-state index in [0.29, 0.717) is 6.04 Å². The summed E-state index contributed by atoms with van der Waals surface area (Å²) in [7, 11) is 0. The average Bonchev–Trinajstić information content (AvgIpc) is 2.89. The van der Waals surface area contributed by atoms with Gasteiger partial charge in [0.05, 0.1) is 5.69 Å². The van der Waals surface area contributed by atoms with Crippen LogP contribution in [0, 0.1) is 5.92 Å². The van der Waals surface area contributed by atoms with Gasteiger partial charge in [0.1, 0.15) is 0 Å². The van der Waals surface area contributed by atoms with Crippen molar-refractivity contribution >= 4 is 17.0 Å². The van der Waals surface area contributed by atoms with Gasteiger partial charge in [-0.2, -0.15) is 0 Å². The first-order valence-corrected chi connectivity index (χ1v) is 13.7. The monoisotopic (exact) mass is 459 g/mol. The van der Waals surface area contributed by atoms with Gasteiger partial charge in [-0.3, -0.25) is 9.89 Å². The van der Waals surface area contributed by atoms with Gasteiger partial charge in [-0.05, 0) is 88.6 Å². The lowest BCUT2D eigenvalue weighted by atomic mass is 9.78. The van der Waals surface area contributed by atoms with E-state index < -0.39 is 0 Å². The van der Waals surface area contributed by atoms with Gasteiger partial charge in [0, 0.05) is 36.4 Å². The summed E-state index contributed by atoms with van der Waals surface area (Å²) in [6.45, 7) is 18.2. The summed E-state index contributed by atoms with van der Waals surface area (Å²) in [5, 5.41) is 0. The van der Waals surface area contributed by atoms with Crippen LogP contribution < -0.4 is 0 Å². The SMILES string of the molecule is C=C(c1ccccc1N=C(C)C1=CCC2CCCCC2=C1)C(C)N1CCC(N(CC)CC)CC1. The maximum atomic E-state index is 5.14. The molecule has 1 aliphatic heterocycles. The highest BCUT2D eigenvalue weighted by Crippen LogP contribution is 2.37. The molecule has 1 aromatic rings. The second kappa shape index (κ2) is 11.6. The van der Waals surface area contributed by atoms with E-state index in [0.717, 1.165) is 49.5 Å². The first-order chi connectivity index (χ1) is 16.5. The molecule has 3 heteroatoms. The van der Waals surface area contributed by atoms with Crippen LogP contribution in [0.2, 0.25) is 0 Å². The van der Waals surface area contributed by atoms with E-state index in [9.17, 15) is 0 Å². The molecule has 1 saturated carbocycles. The molecule has 1 saturated heterocycles. The molecule has 0 N–H and O–H groups in total. The van der Waals surface area contributed by atoms with Crippen molar-refractivity contribution in [1.82, 2.24) is 9.80 Å². The summed E-state index contributed by atoms with van der Waals surface area (Å²) in [5.41, 5.74) is 7.54. The van der Waals surface area contributed by atoms with Crippen molar-refractivity contribution in [3.8, 4) is 0 Å². The van der Waals surface area contributed by atoms with Crippen LogP contribution >= 0.6 is 0 Å². The predicted molar refractivity (Wildman–Crippen MR) is 148 cm³/mol. The van der Waals surface area contributed by atoms with Crippen LogP contribution in [0.3, 0.4) is 0 Å². The molecule has 0 radical (unpaired) electrons. The number of likely N-dealkylation sites (tertiary alicyclic amines) is 1. The van der Waals surface area contributed by atoms with Crippen molar-refractivity contribution in [2.24, 2.45) is 10.9 Å². The topological polar surface area (TPSA) is 18.8 Å². The highest BCUT2D eigenvalue weighted by molar-refractivity contribution is 6.03. The number of hydrogen-bond donors (Lipinski definition) is 0. The van der Waals surface area contributed by atoms with Crippen molar-refractivity contribution < 1.29 is 0 Å². The molecule has 0 bridgehead atoms. The number of para-hydroxylation sites is 1. The van der Waals surface area contributed by atoms with Crippen LogP contribution in [0.25, 0.3) is 5.57 Å². The summed E-state index contributed by atoms with van der Waals surface area (Å²) in [4.78, 5) is 10.4. The summed E-state index contributed by atoms with van der Waals surface area (Å²) in [6.07, 6.45) is 13.9. The lowest BCUT2D eigenvalue weighted by molar-refractivity contribution is 0.107. The summed E-state index contributed by atoms with van der Waals surface area (Å²) < 4.78 is 0. The summed E-state index contributed by atoms with van der Waals surface area (Å²) in [5.74, 6) is 0.782. The Morgan fingerprint density at radius 2 is 1.85 bits per heavy atom. The smallest absolute Gasteiger partial charge is 0.0708 e. The van der Waals surface area contributed by atoms with Gasteiger partial charge in [0.2, 0.25) is 0 Å². The van der Waals surface area contributed by atoms with Gasteiger partial charge in [0.15, 0.2) is 0 Å². The van der Waals surface area contributed by atoms with E-state index in [1.165, 1.54) is 61.7 Å². The fourth-order valence-corrected chi connectivity index (χ4v) is 6.26. The van der Waals surface area contributed by atoms with Crippen molar-refractivity contribution in [2.75, 3.05) is 26.2 Å². The van der Waals surface area contributed by atoms with E-state index in [4.69, 9.17) is 4.99 Å². The first kappa shape index (κ1) is 25.1. The van der Waals surface area contributed by atoms with Gasteiger partial charge >= 0.3 is 0 Å². The molecule has 0 amide bonds. The van der Waals surface area contributed by atoms with Crippen molar-refractivity contribution in [1.29, 1.82) is 0 Å². The fraction of sp³-hybridized carbons (Fsp3) is 0.581. The third kappa shape index (κ3) is 5.63. The molecule has 2 fully saturated rings. The Labute approximate surface area is 208 Å². The standard InChI is InChI=1S/C31H45N3/c1-6-33(7-2)29-18-20-34(21-19-29)25(5)23(3)30-14-10-11-15-31(30)32-24(4)27-17-16-26-12-8-9-13-28(26)22-27/h10-11,14-15,17,22,25-26,29H,3,6-9,12-13,16,18-21H2,1-2,4-5H3. The van der Waals surface area contributed by atoms with E-state index >= 15 is 0 Å². The highest BCUT2D eigenvalue weighted by Gasteiger charge is 2.27. The minimum Gasteiger partial charge on any atom is -0.301 e. The number of piperidine rings is 1. The van der Waals surface area contributed by atoms with Crippen molar-refractivity contribution in [2.45, 2.75) is 84.7 Å². The minimum atomic E-state index is 0.327. The maximum absolute atomic E-state index is 5.14. The summed E-state index contributed by atoms with van der Waals surface area (Å²) >= 11 is 0. The van der Waals surface area contributed by atoms with E-state index in [2.05, 4.69) is 80.5 Å². The Kier molecular flexibility index (Phi) is 8.60. The number of hydrogen-bond acceptors (Lipinski definition) is 3. The molecule has 2 aliphatic carbocycles. The van der Waals surface area contributed by atoms with E-state index in [1.807, 2.05) is 0 Å². The molecular weight excluding hydrogens is 414 g/mol. The average molecular weight is 460 g/mol. The van der Waals surface area contributed by atoms with Crippen LogP contribution in [0.5, 0.6) is 0 Å². The largest absolute Gasteiger partial charge is 0.301 e. The summed E-state index contributed by atoms with van der Waals surface area (Å²) in [6, 6.07) is 9.65. The van der Waals surface area contributed by atoms with Crippen LogP contribution in [-0.2, 0) is 0 Å². The van der Waals surface area contributed by atoms with E-state index in [1.54, 1.807) is 5.57 Å². The Hall–Kier alpha value is -1.97. The predicted octanol–water partition coefficient (Wildman–Crippen LogP) is 7.43.